The fourth-order valence-electron chi connectivity index (χ4n) is 17.9. The third-order valence-electron chi connectivity index (χ3n) is 24.7. The summed E-state index contributed by atoms with van der Waals surface area (Å²) in [7, 11) is 0. The maximum absolute atomic E-state index is 12.7. The molecule has 19 heteroatoms. The largest absolute Gasteiger partial charge is 0.459 e. The molecule has 560 valence electrons. The zero-order chi connectivity index (χ0) is 73.4. The van der Waals surface area contributed by atoms with Gasteiger partial charge in [0.25, 0.3) is 0 Å². The van der Waals surface area contributed by atoms with Gasteiger partial charge in [-0.15, -0.1) is 0 Å². The van der Waals surface area contributed by atoms with Crippen LogP contribution in [-0.2, 0) is 70.0 Å². The molecular weight excluding hydrogens is 1390 g/mol. The Morgan fingerprint density at radius 2 is 1.10 bits per heavy atom. The first-order chi connectivity index (χ1) is 50.5. The number of hydrogen-bond donors (Lipinski definition) is 3. The van der Waals surface area contributed by atoms with Gasteiger partial charge in [0.2, 0.25) is 0 Å². The number of benzene rings is 3. The van der Waals surface area contributed by atoms with Gasteiger partial charge in [-0.3, -0.25) is 14.6 Å². The summed E-state index contributed by atoms with van der Waals surface area (Å²) in [6.07, 6.45) is 36.2. The summed E-state index contributed by atoms with van der Waals surface area (Å²) >= 11 is 3.50. The molecule has 4 aliphatic carbocycles. The van der Waals surface area contributed by atoms with E-state index >= 15 is 0 Å². The summed E-state index contributed by atoms with van der Waals surface area (Å²) in [5.41, 5.74) is 17.4. The zero-order valence-corrected chi connectivity index (χ0v) is 64.0. The van der Waals surface area contributed by atoms with Crippen molar-refractivity contribution >= 4 is 69.2 Å². The van der Waals surface area contributed by atoms with Crippen LogP contribution in [-0.4, -0.2) is 130 Å². The number of esters is 4. The van der Waals surface area contributed by atoms with Gasteiger partial charge in [0.1, 0.15) is 54.7 Å². The number of nitrogen functional groups attached to an aromatic ring is 1. The van der Waals surface area contributed by atoms with Crippen LogP contribution in [0.4, 0.5) is 11.4 Å². The van der Waals surface area contributed by atoms with Crippen molar-refractivity contribution in [3.63, 3.8) is 0 Å². The number of hydrogen-bond acceptors (Lipinski definition) is 16. The first kappa shape index (κ1) is 74.6. The lowest BCUT2D eigenvalue weighted by molar-refractivity contribution is -0.145. The molecule has 3 aromatic carbocycles. The maximum Gasteiger partial charge on any atom is 0.334 e. The second-order valence-corrected chi connectivity index (χ2v) is 33.7. The van der Waals surface area contributed by atoms with E-state index in [0.717, 1.165) is 173 Å². The minimum atomic E-state index is -0.203. The van der Waals surface area contributed by atoms with Crippen LogP contribution < -0.4 is 16.4 Å². The third-order valence-corrected chi connectivity index (χ3v) is 25.2. The van der Waals surface area contributed by atoms with Gasteiger partial charge in [-0.25, -0.2) is 14.6 Å². The van der Waals surface area contributed by atoms with Gasteiger partial charge in [-0.05, 0) is 230 Å². The van der Waals surface area contributed by atoms with E-state index in [-0.39, 0.29) is 131 Å². The van der Waals surface area contributed by atoms with Crippen LogP contribution in [0, 0.1) is 35.5 Å². The number of nitrogens with zero attached hydrogens (tertiary/aromatic N) is 3. The Kier molecular flexibility index (Phi) is 22.4. The average molecular weight is 1500 g/mol. The molecule has 0 bridgehead atoms. The second kappa shape index (κ2) is 31.5. The van der Waals surface area contributed by atoms with E-state index in [0.29, 0.717) is 13.1 Å². The van der Waals surface area contributed by atoms with Gasteiger partial charge in [0, 0.05) is 82.6 Å². The van der Waals surface area contributed by atoms with Gasteiger partial charge in [-0.2, -0.15) is 0 Å². The average Bonchev–Trinajstić information content (AvgIpc) is 1.59. The van der Waals surface area contributed by atoms with Crippen molar-refractivity contribution in [2.45, 2.75) is 249 Å². The summed E-state index contributed by atoms with van der Waals surface area (Å²) in [5.74, 6) is 0.756. The van der Waals surface area contributed by atoms with Crippen LogP contribution in [0.5, 0.6) is 0 Å². The number of rotatable bonds is 10. The maximum atomic E-state index is 12.7. The number of fused-ring (bicyclic) bond motifs is 13. The van der Waals surface area contributed by atoms with Crippen LogP contribution in [0.3, 0.4) is 0 Å². The lowest BCUT2D eigenvalue weighted by Crippen LogP contribution is -2.34. The highest BCUT2D eigenvalue weighted by atomic mass is 79.9. The summed E-state index contributed by atoms with van der Waals surface area (Å²) in [6.45, 7) is 20.3. The smallest absolute Gasteiger partial charge is 0.334 e. The van der Waals surface area contributed by atoms with Crippen molar-refractivity contribution < 1.29 is 57.1 Å². The molecule has 0 radical (unpaired) electrons. The Bertz CT molecular complexity index is 4080. The third kappa shape index (κ3) is 17.3. The minimum absolute atomic E-state index is 0.0190. The van der Waals surface area contributed by atoms with Crippen LogP contribution in [0.25, 0.3) is 12.2 Å². The van der Waals surface area contributed by atoms with Crippen LogP contribution in [0.2, 0.25) is 0 Å². The van der Waals surface area contributed by atoms with Crippen molar-refractivity contribution in [3.8, 4) is 0 Å². The number of epoxide rings is 4. The number of anilines is 2. The number of imidazole rings is 1. The normalized spacial score (nSPS) is 38.6. The fraction of sp³-hybridized carbons (Fsp3) is 0.558. The molecule has 8 fully saturated rings. The molecule has 13 aliphatic rings. The minimum Gasteiger partial charge on any atom is -0.459 e. The van der Waals surface area contributed by atoms with Crippen LogP contribution in [0.15, 0.2) is 159 Å². The highest BCUT2D eigenvalue weighted by Gasteiger charge is 2.66. The number of nitrogens with one attached hydrogen (secondary N) is 2. The van der Waals surface area contributed by atoms with E-state index in [1.54, 1.807) is 6.20 Å². The van der Waals surface area contributed by atoms with Crippen molar-refractivity contribution in [1.29, 1.82) is 0 Å². The molecule has 0 amide bonds. The quantitative estimate of drug-likeness (QED) is 0.0255. The summed E-state index contributed by atoms with van der Waals surface area (Å²) in [4.78, 5) is 59.3. The predicted octanol–water partition coefficient (Wildman–Crippen LogP) is 15.5. The zero-order valence-electron chi connectivity index (χ0n) is 62.5. The Labute approximate surface area is 628 Å². The molecule has 9 aliphatic heterocycles. The number of ether oxygens (including phenoxy) is 8. The Hall–Kier alpha value is -7.26. The monoisotopic (exact) mass is 1490 g/mol. The van der Waals surface area contributed by atoms with Gasteiger partial charge in [0.15, 0.2) is 0 Å². The summed E-state index contributed by atoms with van der Waals surface area (Å²) < 4.78 is 50.5. The van der Waals surface area contributed by atoms with Crippen molar-refractivity contribution in [1.82, 2.24) is 14.9 Å². The van der Waals surface area contributed by atoms with Gasteiger partial charge >= 0.3 is 23.9 Å². The number of carbonyl (C=O) groups is 4. The number of aliphatic imine (C=N–C) groups is 1. The lowest BCUT2D eigenvalue weighted by Gasteiger charge is -2.22. The van der Waals surface area contributed by atoms with Gasteiger partial charge < -0.3 is 58.8 Å². The molecule has 0 unspecified atom stereocenters. The van der Waals surface area contributed by atoms with E-state index in [9.17, 15) is 19.2 Å². The van der Waals surface area contributed by atoms with Gasteiger partial charge in [0.05, 0.1) is 47.1 Å². The van der Waals surface area contributed by atoms with E-state index < -0.39 is 0 Å². The Morgan fingerprint density at radius 1 is 0.600 bits per heavy atom. The molecule has 17 rings (SSSR count). The lowest BCUT2D eigenvalue weighted by atomic mass is 9.80. The highest BCUT2D eigenvalue weighted by Crippen LogP contribution is 2.55. The molecule has 1 aromatic heterocycles. The second-order valence-electron chi connectivity index (χ2n) is 32.7. The first-order valence-electron chi connectivity index (χ1n) is 38.8. The van der Waals surface area contributed by atoms with E-state index in [4.69, 9.17) is 48.6 Å². The number of halogens is 1. The van der Waals surface area contributed by atoms with Crippen molar-refractivity contribution in [3.05, 3.63) is 170 Å². The highest BCUT2D eigenvalue weighted by molar-refractivity contribution is 9.10. The van der Waals surface area contributed by atoms with E-state index in [2.05, 4.69) is 128 Å². The van der Waals surface area contributed by atoms with Crippen LogP contribution in [0.1, 0.15) is 181 Å². The molecule has 18 atom stereocenters. The van der Waals surface area contributed by atoms with Crippen molar-refractivity contribution in [2.24, 2.45) is 40.5 Å². The molecule has 8 saturated heterocycles. The first-order valence-corrected chi connectivity index (χ1v) is 39.6. The number of para-hydroxylation sites is 1. The SMILES string of the molecule is C/C1=C\CC[C@@]2(C)O[C@H]2[C@H]2OC(=O)/C(=C\c3ccc(N)cc3)[C@@H]2CC1.C/C1=C\CC[C@@]2(C)O[C@H]2[C@H]2OC(=O)/C(=C\c3cccc(Br)c3)[C@@H]2CC1.C/C1=C\CC[C@@]2(C)O[C@H]2[C@H]2OC(=O)[C@@H](CN=C3Cc4ccccc4N3)[C@@H]2CC1.C/C1=C\CC[C@@]2(C)O[C@H]2[C@H]2OC(=O)[C@@H](CNCCCn3ccnc3)[C@@H]2CC1. The molecule has 0 saturated carbocycles. The Balaban J connectivity index is 0.000000118. The number of allylic oxidation sites excluding steroid dienone is 8. The van der Waals surface area contributed by atoms with Crippen molar-refractivity contribution in [2.75, 3.05) is 30.7 Å². The summed E-state index contributed by atoms with van der Waals surface area (Å²) in [6, 6.07) is 23.8. The van der Waals surface area contributed by atoms with E-state index in [1.807, 2.05) is 85.3 Å². The molecule has 105 heavy (non-hydrogen) atoms. The van der Waals surface area contributed by atoms with E-state index in [1.165, 1.54) is 27.9 Å². The molecule has 4 N–H and O–H groups in total. The standard InChI is InChI=1S/C23H28N2O3.C21H23BrO3.C21H31N3O3.C21H25NO3/c1-14-6-5-11-23(2)21(28-23)20-16(10-9-14)17(22(26)27-20)13-24-19-12-15-7-3-4-8-18(15)25-19;1-13-5-4-10-21(2)19(25-21)18-16(9-8-13)17(20(23)24-18)12-14-6-3-7-15(22)11-14;1-15-5-3-8-21(2)19(27-21)18-16(7-6-15)17(20(25)26-18)13-22-9-4-11-24-12-10-23-14-24;1-13-4-3-11-21(2)19(25-21)18-16(10-5-13)17(20(23)24-18)12-14-6-8-15(22)9-7-14/h3-4,6-8,16-17,20-21H,5,9-13H2,1-2H3,(H,24,25);3,5-7,11-12,16,18-19H,4,8-10H2,1-2H3;5,10,12,14,16-19,22H,3-4,6-9,11,13H2,1-2H3;4,6-9,12,16,18-19H,3,5,10-11,22H2,1-2H3/b14-6+;13-5+,17-12-;15-5+;13-4+,17-12-/t16-,17-,20-,21-,23+;16-,18-,19-,21+;16-,17-,18-,19-,21+;16-,18-,19-,21+/m0000/s1. The molecule has 18 nitrogen and oxygen atoms in total. The van der Waals surface area contributed by atoms with Crippen LogP contribution >= 0.6 is 15.9 Å². The predicted molar refractivity (Wildman–Crippen MR) is 409 cm³/mol. The topological polar surface area (TPSA) is 236 Å². The number of aryl methyl sites for hydroxylation is 1. The molecule has 4 aromatic rings. The number of aromatic nitrogens is 2. The summed E-state index contributed by atoms with van der Waals surface area (Å²) in [5, 5.41) is 6.86. The molecule has 0 spiro atoms. The molecular formula is C86H107BrN6O12. The van der Waals surface area contributed by atoms with Gasteiger partial charge in [-0.1, -0.05) is 105 Å². The number of nitrogens with two attached hydrogens (primary N) is 1. The Morgan fingerprint density at radius 3 is 1.61 bits per heavy atom. The number of carbonyl (C=O) groups excluding carboxylic acids is 4. The molecule has 10 heterocycles. The fourth-order valence-corrected chi connectivity index (χ4v) is 18.3. The number of amidine groups is 1.